The molecule has 0 aromatic carbocycles. The van der Waals surface area contributed by atoms with E-state index in [0.29, 0.717) is 5.82 Å². The highest BCUT2D eigenvalue weighted by Gasteiger charge is 2.17. The number of esters is 1. The molecular weight excluding hydrogens is 234 g/mol. The summed E-state index contributed by atoms with van der Waals surface area (Å²) in [5, 5.41) is -0.0747. The van der Waals surface area contributed by atoms with Crippen molar-refractivity contribution in [2.24, 2.45) is 0 Å². The molecule has 0 bridgehead atoms. The van der Waals surface area contributed by atoms with E-state index in [-0.39, 0.29) is 11.6 Å². The van der Waals surface area contributed by atoms with Crippen molar-refractivity contribution in [1.82, 2.24) is 14.7 Å². The highest BCUT2D eigenvalue weighted by molar-refractivity contribution is 7.89. The molecule has 0 atom stereocenters. The average Bonchev–Trinajstić information content (AvgIpc) is 2.63. The Morgan fingerprint density at radius 2 is 2.31 bits per heavy atom. The minimum Gasteiger partial charge on any atom is -0.465 e. The SMILES string of the molecule is CCOC(=O)CNS(=O)(=O)c1cnc(C)[nH]1. The first kappa shape index (κ1) is 12.7. The van der Waals surface area contributed by atoms with Gasteiger partial charge in [-0.05, 0) is 13.8 Å². The van der Waals surface area contributed by atoms with E-state index in [2.05, 4.69) is 19.4 Å². The van der Waals surface area contributed by atoms with E-state index in [1.807, 2.05) is 0 Å². The van der Waals surface area contributed by atoms with E-state index in [1.54, 1.807) is 13.8 Å². The van der Waals surface area contributed by atoms with Crippen LogP contribution in [0.15, 0.2) is 11.2 Å². The van der Waals surface area contributed by atoms with E-state index in [0.717, 1.165) is 0 Å². The minimum absolute atomic E-state index is 0.0747. The van der Waals surface area contributed by atoms with Crippen LogP contribution in [0.1, 0.15) is 12.7 Å². The molecule has 1 aromatic heterocycles. The van der Waals surface area contributed by atoms with Gasteiger partial charge in [0.15, 0.2) is 5.03 Å². The summed E-state index contributed by atoms with van der Waals surface area (Å²) in [5.74, 6) is -0.140. The number of hydrogen-bond acceptors (Lipinski definition) is 5. The van der Waals surface area contributed by atoms with E-state index in [9.17, 15) is 13.2 Å². The second kappa shape index (κ2) is 5.08. The topological polar surface area (TPSA) is 101 Å². The Hall–Kier alpha value is -1.41. The van der Waals surface area contributed by atoms with Crippen LogP contribution in [0, 0.1) is 6.92 Å². The van der Waals surface area contributed by atoms with Gasteiger partial charge in [0, 0.05) is 0 Å². The first-order valence-electron chi connectivity index (χ1n) is 4.62. The van der Waals surface area contributed by atoms with E-state index >= 15 is 0 Å². The molecule has 16 heavy (non-hydrogen) atoms. The van der Waals surface area contributed by atoms with Gasteiger partial charge in [0.1, 0.15) is 12.4 Å². The third kappa shape index (κ3) is 3.31. The molecule has 2 N–H and O–H groups in total. The molecule has 1 aromatic rings. The molecule has 0 fully saturated rings. The summed E-state index contributed by atoms with van der Waals surface area (Å²) in [6, 6.07) is 0. The molecular formula is C8H13N3O4S. The van der Waals surface area contributed by atoms with Crippen LogP contribution in [0.4, 0.5) is 0 Å². The third-order valence-electron chi connectivity index (χ3n) is 1.68. The fourth-order valence-corrected chi connectivity index (χ4v) is 1.92. The summed E-state index contributed by atoms with van der Waals surface area (Å²) in [5.41, 5.74) is 0. The van der Waals surface area contributed by atoms with Crippen LogP contribution in [0.5, 0.6) is 0 Å². The number of aromatic nitrogens is 2. The summed E-state index contributed by atoms with van der Waals surface area (Å²) in [7, 11) is -3.72. The number of carbonyl (C=O) groups is 1. The molecule has 0 saturated carbocycles. The maximum Gasteiger partial charge on any atom is 0.321 e. The fourth-order valence-electron chi connectivity index (χ4n) is 0.979. The van der Waals surface area contributed by atoms with Gasteiger partial charge in [-0.25, -0.2) is 13.4 Å². The number of rotatable bonds is 5. The van der Waals surface area contributed by atoms with Crippen molar-refractivity contribution in [1.29, 1.82) is 0 Å². The zero-order valence-electron chi connectivity index (χ0n) is 8.98. The Morgan fingerprint density at radius 3 is 2.81 bits per heavy atom. The molecule has 0 aliphatic carbocycles. The summed E-state index contributed by atoms with van der Waals surface area (Å²) in [4.78, 5) is 17.3. The van der Waals surface area contributed by atoms with E-state index in [4.69, 9.17) is 0 Å². The molecule has 0 unspecified atom stereocenters. The second-order valence-electron chi connectivity index (χ2n) is 2.96. The molecule has 1 heterocycles. The molecule has 90 valence electrons. The van der Waals surface area contributed by atoms with Crippen LogP contribution in [0.2, 0.25) is 0 Å². The highest BCUT2D eigenvalue weighted by Crippen LogP contribution is 2.03. The Morgan fingerprint density at radius 1 is 1.62 bits per heavy atom. The summed E-state index contributed by atoms with van der Waals surface area (Å²) >= 11 is 0. The van der Waals surface area contributed by atoms with Crippen LogP contribution >= 0.6 is 0 Å². The van der Waals surface area contributed by atoms with Crippen LogP contribution in [-0.2, 0) is 19.6 Å². The number of H-pyrrole nitrogens is 1. The first-order valence-corrected chi connectivity index (χ1v) is 6.11. The molecule has 0 saturated heterocycles. The highest BCUT2D eigenvalue weighted by atomic mass is 32.2. The third-order valence-corrected chi connectivity index (χ3v) is 2.99. The first-order chi connectivity index (χ1) is 7.45. The van der Waals surface area contributed by atoms with Crippen LogP contribution < -0.4 is 4.72 Å². The average molecular weight is 247 g/mol. The summed E-state index contributed by atoms with van der Waals surface area (Å²) in [6.07, 6.45) is 1.18. The van der Waals surface area contributed by atoms with Gasteiger partial charge in [0.05, 0.1) is 12.8 Å². The molecule has 7 nitrogen and oxygen atoms in total. The number of nitrogens with one attached hydrogen (secondary N) is 2. The number of nitrogens with zero attached hydrogens (tertiary/aromatic N) is 1. The van der Waals surface area contributed by atoms with Crippen molar-refractivity contribution in [2.75, 3.05) is 13.2 Å². The number of aryl methyl sites for hydroxylation is 1. The lowest BCUT2D eigenvalue weighted by molar-refractivity contribution is -0.141. The van der Waals surface area contributed by atoms with Crippen molar-refractivity contribution in [3.8, 4) is 0 Å². The quantitative estimate of drug-likeness (QED) is 0.687. The van der Waals surface area contributed by atoms with Gasteiger partial charge in [-0.3, -0.25) is 4.79 Å². The number of hydrogen-bond donors (Lipinski definition) is 2. The molecule has 0 amide bonds. The zero-order valence-corrected chi connectivity index (χ0v) is 9.80. The van der Waals surface area contributed by atoms with Crippen molar-refractivity contribution < 1.29 is 17.9 Å². The van der Waals surface area contributed by atoms with E-state index < -0.39 is 22.5 Å². The minimum atomic E-state index is -3.72. The zero-order chi connectivity index (χ0) is 12.2. The lowest BCUT2D eigenvalue weighted by atomic mass is 10.7. The van der Waals surface area contributed by atoms with Crippen LogP contribution in [0.25, 0.3) is 0 Å². The summed E-state index contributed by atoms with van der Waals surface area (Å²) < 4.78 is 29.8. The Labute approximate surface area is 93.3 Å². The molecule has 0 aliphatic heterocycles. The predicted octanol–water partition coefficient (Wildman–Crippen LogP) is -0.440. The number of sulfonamides is 1. The van der Waals surface area contributed by atoms with Gasteiger partial charge in [0.25, 0.3) is 10.0 Å². The van der Waals surface area contributed by atoms with Gasteiger partial charge in [-0.15, -0.1) is 0 Å². The van der Waals surface area contributed by atoms with Crippen molar-refractivity contribution in [3.05, 3.63) is 12.0 Å². The molecule has 0 spiro atoms. The number of ether oxygens (including phenoxy) is 1. The number of aromatic amines is 1. The maximum absolute atomic E-state index is 11.6. The standard InChI is InChI=1S/C8H13N3O4S/c1-3-15-8(12)5-10-16(13,14)7-4-9-6(2)11-7/h4,10H,3,5H2,1-2H3,(H,9,11). The fraction of sp³-hybridized carbons (Fsp3) is 0.500. The Balaban J connectivity index is 2.63. The smallest absolute Gasteiger partial charge is 0.321 e. The largest absolute Gasteiger partial charge is 0.465 e. The van der Waals surface area contributed by atoms with Gasteiger partial charge < -0.3 is 9.72 Å². The molecule has 8 heteroatoms. The van der Waals surface area contributed by atoms with Crippen LogP contribution in [-0.4, -0.2) is 37.5 Å². The Bertz CT molecular complexity index is 465. The predicted molar refractivity (Wildman–Crippen MR) is 55.1 cm³/mol. The van der Waals surface area contributed by atoms with Gasteiger partial charge in [-0.1, -0.05) is 0 Å². The van der Waals surface area contributed by atoms with Crippen LogP contribution in [0.3, 0.4) is 0 Å². The molecule has 1 rings (SSSR count). The Kier molecular flexibility index (Phi) is 4.02. The van der Waals surface area contributed by atoms with Crippen molar-refractivity contribution in [3.63, 3.8) is 0 Å². The molecule has 0 radical (unpaired) electrons. The van der Waals surface area contributed by atoms with Gasteiger partial charge >= 0.3 is 5.97 Å². The van der Waals surface area contributed by atoms with Gasteiger partial charge in [-0.2, -0.15) is 4.72 Å². The molecule has 0 aliphatic rings. The lowest BCUT2D eigenvalue weighted by Crippen LogP contribution is -2.30. The number of imidazole rings is 1. The lowest BCUT2D eigenvalue weighted by Gasteiger charge is -2.03. The normalized spacial score (nSPS) is 11.4. The maximum atomic E-state index is 11.6. The number of carbonyl (C=O) groups excluding carboxylic acids is 1. The van der Waals surface area contributed by atoms with Crippen molar-refractivity contribution >= 4 is 16.0 Å². The second-order valence-corrected chi connectivity index (χ2v) is 4.70. The summed E-state index contributed by atoms with van der Waals surface area (Å²) in [6.45, 7) is 3.09. The van der Waals surface area contributed by atoms with Crippen molar-refractivity contribution in [2.45, 2.75) is 18.9 Å². The van der Waals surface area contributed by atoms with E-state index in [1.165, 1.54) is 6.20 Å². The monoisotopic (exact) mass is 247 g/mol. The van der Waals surface area contributed by atoms with Gasteiger partial charge in [0.2, 0.25) is 0 Å².